The molecular formula is C21H21Cl2N3O6. The molecule has 3 aromatic rings. The molecule has 0 bridgehead atoms. The minimum atomic E-state index is -1.51. The molecule has 1 amide bonds. The van der Waals surface area contributed by atoms with Crippen LogP contribution < -0.4 is 5.32 Å². The summed E-state index contributed by atoms with van der Waals surface area (Å²) >= 11 is 12.0. The SMILES string of the molecule is O=C(NCc1cc(Cl)cc(Cl)c1)c1ccc2nc([C@@H]3O[C@H](CO)[C@H](O)[C@H](O)[C@H]3O)[nH]c2c1. The average molecular weight is 482 g/mol. The van der Waals surface area contributed by atoms with E-state index < -0.39 is 37.1 Å². The van der Waals surface area contributed by atoms with E-state index >= 15 is 0 Å². The largest absolute Gasteiger partial charge is 0.394 e. The number of hydrogen-bond acceptors (Lipinski definition) is 7. The van der Waals surface area contributed by atoms with Gasteiger partial charge in [0, 0.05) is 22.2 Å². The molecule has 1 fully saturated rings. The van der Waals surface area contributed by atoms with E-state index in [1.54, 1.807) is 36.4 Å². The standard InChI is InChI=1S/C21H21Cl2N3O6/c22-11-3-9(4-12(23)6-11)7-24-21(31)10-1-2-13-14(5-10)26-20(25-13)19-18(30)17(29)16(28)15(8-27)32-19/h1-6,15-19,27-30H,7-8H2,(H,24,31)(H,25,26)/t15-,16+,17+,18-,19-/m1/s1. The molecular weight excluding hydrogens is 461 g/mol. The Hall–Kier alpha value is -2.24. The van der Waals surface area contributed by atoms with Gasteiger partial charge in [-0.05, 0) is 42.0 Å². The molecule has 6 N–H and O–H groups in total. The highest BCUT2D eigenvalue weighted by Crippen LogP contribution is 2.32. The first kappa shape index (κ1) is 22.9. The summed E-state index contributed by atoms with van der Waals surface area (Å²) < 4.78 is 5.53. The van der Waals surface area contributed by atoms with E-state index in [2.05, 4.69) is 15.3 Å². The summed E-state index contributed by atoms with van der Waals surface area (Å²) in [7, 11) is 0. The highest BCUT2D eigenvalue weighted by atomic mass is 35.5. The maximum atomic E-state index is 12.6. The summed E-state index contributed by atoms with van der Waals surface area (Å²) in [6, 6.07) is 9.84. The van der Waals surface area contributed by atoms with Gasteiger partial charge >= 0.3 is 0 Å². The number of hydrogen-bond donors (Lipinski definition) is 6. The second-order valence-corrected chi connectivity index (χ2v) is 8.44. The highest BCUT2D eigenvalue weighted by Gasteiger charge is 2.45. The van der Waals surface area contributed by atoms with Gasteiger partial charge in [0.05, 0.1) is 17.6 Å². The fourth-order valence-corrected chi connectivity index (χ4v) is 4.20. The minimum Gasteiger partial charge on any atom is -0.394 e. The number of nitrogens with zero attached hydrogens (tertiary/aromatic N) is 1. The van der Waals surface area contributed by atoms with Gasteiger partial charge in [0.25, 0.3) is 5.91 Å². The van der Waals surface area contributed by atoms with Crippen LogP contribution in [0.4, 0.5) is 0 Å². The molecule has 1 aliphatic rings. The fourth-order valence-electron chi connectivity index (χ4n) is 3.63. The van der Waals surface area contributed by atoms with Crippen molar-refractivity contribution in [1.29, 1.82) is 0 Å². The van der Waals surface area contributed by atoms with Gasteiger partial charge in [-0.15, -0.1) is 0 Å². The Labute approximate surface area is 192 Å². The molecule has 4 rings (SSSR count). The first-order valence-electron chi connectivity index (χ1n) is 9.80. The second kappa shape index (κ2) is 9.32. The third kappa shape index (κ3) is 4.60. The third-order valence-electron chi connectivity index (χ3n) is 5.30. The summed E-state index contributed by atoms with van der Waals surface area (Å²) in [5, 5.41) is 43.3. The van der Waals surface area contributed by atoms with Gasteiger partial charge in [0.1, 0.15) is 36.3 Å². The first-order chi connectivity index (χ1) is 15.3. The number of carbonyl (C=O) groups is 1. The predicted octanol–water partition coefficient (Wildman–Crippen LogP) is 1.31. The van der Waals surface area contributed by atoms with Gasteiger partial charge in [-0.3, -0.25) is 4.79 Å². The first-order valence-corrected chi connectivity index (χ1v) is 10.6. The Balaban J connectivity index is 1.52. The van der Waals surface area contributed by atoms with Crippen LogP contribution in [0.15, 0.2) is 36.4 Å². The number of nitrogens with one attached hydrogen (secondary N) is 2. The van der Waals surface area contributed by atoms with Crippen LogP contribution in [0.5, 0.6) is 0 Å². The molecule has 0 radical (unpaired) electrons. The van der Waals surface area contributed by atoms with Gasteiger partial charge in [0.2, 0.25) is 0 Å². The van der Waals surface area contributed by atoms with Gasteiger partial charge in [0.15, 0.2) is 0 Å². The minimum absolute atomic E-state index is 0.197. The van der Waals surface area contributed by atoms with Crippen molar-refractivity contribution in [1.82, 2.24) is 15.3 Å². The summed E-state index contributed by atoms with van der Waals surface area (Å²) in [6.07, 6.45) is -6.57. The lowest BCUT2D eigenvalue weighted by atomic mass is 9.95. The van der Waals surface area contributed by atoms with Gasteiger partial charge in [-0.1, -0.05) is 23.2 Å². The number of imidazole rings is 1. The quantitative estimate of drug-likeness (QED) is 0.321. The van der Waals surface area contributed by atoms with Crippen LogP contribution in [0.25, 0.3) is 11.0 Å². The Bertz CT molecular complexity index is 1120. The number of ether oxygens (including phenoxy) is 1. The van der Waals surface area contributed by atoms with E-state index in [4.69, 9.17) is 27.9 Å². The fraction of sp³-hybridized carbons (Fsp3) is 0.333. The topological polar surface area (TPSA) is 148 Å². The molecule has 32 heavy (non-hydrogen) atoms. The van der Waals surface area contributed by atoms with E-state index in [1.807, 2.05) is 0 Å². The number of aliphatic hydroxyl groups excluding tert-OH is 4. The number of carbonyl (C=O) groups excluding carboxylic acids is 1. The molecule has 0 saturated carbocycles. The number of H-pyrrole nitrogens is 1. The van der Waals surface area contributed by atoms with E-state index in [0.717, 1.165) is 5.56 Å². The maximum Gasteiger partial charge on any atom is 0.251 e. The monoisotopic (exact) mass is 481 g/mol. The zero-order valence-corrected chi connectivity index (χ0v) is 18.1. The Morgan fingerprint density at radius 3 is 2.47 bits per heavy atom. The summed E-state index contributed by atoms with van der Waals surface area (Å²) in [5.41, 5.74) is 2.14. The van der Waals surface area contributed by atoms with Crippen molar-refractivity contribution in [3.05, 3.63) is 63.4 Å². The summed E-state index contributed by atoms with van der Waals surface area (Å²) in [4.78, 5) is 19.9. The van der Waals surface area contributed by atoms with Gasteiger partial charge in [-0.25, -0.2) is 4.98 Å². The predicted molar refractivity (Wildman–Crippen MR) is 116 cm³/mol. The van der Waals surface area contributed by atoms with E-state index in [1.165, 1.54) is 0 Å². The molecule has 0 spiro atoms. The number of aromatic amines is 1. The van der Waals surface area contributed by atoms with E-state index in [9.17, 15) is 25.2 Å². The van der Waals surface area contributed by atoms with Crippen LogP contribution in [0.1, 0.15) is 27.8 Å². The number of amides is 1. The van der Waals surface area contributed by atoms with Crippen LogP contribution in [-0.2, 0) is 11.3 Å². The number of aromatic nitrogens is 2. The molecule has 2 heterocycles. The molecule has 1 aliphatic heterocycles. The highest BCUT2D eigenvalue weighted by molar-refractivity contribution is 6.34. The lowest BCUT2D eigenvalue weighted by Crippen LogP contribution is -2.55. The van der Waals surface area contributed by atoms with E-state index in [0.29, 0.717) is 26.6 Å². The average Bonchev–Trinajstić information content (AvgIpc) is 3.18. The molecule has 170 valence electrons. The molecule has 9 nitrogen and oxygen atoms in total. The molecule has 1 aromatic heterocycles. The summed E-state index contributed by atoms with van der Waals surface area (Å²) in [6.45, 7) is -0.305. The maximum absolute atomic E-state index is 12.6. The van der Waals surface area contributed by atoms with Crippen molar-refractivity contribution >= 4 is 40.1 Å². The zero-order valence-electron chi connectivity index (χ0n) is 16.6. The zero-order chi connectivity index (χ0) is 23.0. The number of halogens is 2. The Morgan fingerprint density at radius 2 is 1.78 bits per heavy atom. The van der Waals surface area contributed by atoms with Crippen LogP contribution in [0.2, 0.25) is 10.0 Å². The van der Waals surface area contributed by atoms with Crippen molar-refractivity contribution in [3.8, 4) is 0 Å². The van der Waals surface area contributed by atoms with Crippen molar-refractivity contribution in [2.75, 3.05) is 6.61 Å². The van der Waals surface area contributed by atoms with Crippen molar-refractivity contribution in [3.63, 3.8) is 0 Å². The van der Waals surface area contributed by atoms with Gasteiger partial charge in [-0.2, -0.15) is 0 Å². The summed E-state index contributed by atoms with van der Waals surface area (Å²) in [5.74, 6) is -0.130. The lowest BCUT2D eigenvalue weighted by molar-refractivity contribution is -0.233. The van der Waals surface area contributed by atoms with Crippen molar-refractivity contribution in [2.24, 2.45) is 0 Å². The molecule has 2 aromatic carbocycles. The van der Waals surface area contributed by atoms with Gasteiger partial charge < -0.3 is 35.5 Å². The Morgan fingerprint density at radius 1 is 1.06 bits per heavy atom. The molecule has 0 unspecified atom stereocenters. The van der Waals surface area contributed by atoms with Crippen LogP contribution >= 0.6 is 23.2 Å². The number of benzene rings is 2. The van der Waals surface area contributed by atoms with Crippen molar-refractivity contribution in [2.45, 2.75) is 37.1 Å². The van der Waals surface area contributed by atoms with Crippen LogP contribution in [-0.4, -0.2) is 67.3 Å². The van der Waals surface area contributed by atoms with E-state index in [-0.39, 0.29) is 18.3 Å². The second-order valence-electron chi connectivity index (χ2n) is 7.56. The lowest BCUT2D eigenvalue weighted by Gasteiger charge is -2.39. The number of rotatable bonds is 5. The normalized spacial score (nSPS) is 25.8. The molecule has 0 aliphatic carbocycles. The smallest absolute Gasteiger partial charge is 0.251 e. The third-order valence-corrected chi connectivity index (χ3v) is 5.74. The number of aliphatic hydroxyl groups is 4. The van der Waals surface area contributed by atoms with Crippen LogP contribution in [0, 0.1) is 0 Å². The number of fused-ring (bicyclic) bond motifs is 1. The molecule has 11 heteroatoms. The molecule has 1 saturated heterocycles. The van der Waals surface area contributed by atoms with Crippen molar-refractivity contribution < 1.29 is 30.0 Å². The van der Waals surface area contributed by atoms with Crippen LogP contribution in [0.3, 0.4) is 0 Å². The Kier molecular flexibility index (Phi) is 6.68. The molecule has 5 atom stereocenters.